The Morgan fingerprint density at radius 2 is 2.06 bits per heavy atom. The summed E-state index contributed by atoms with van der Waals surface area (Å²) in [5, 5.41) is 8.43. The quantitative estimate of drug-likeness (QED) is 0.869. The average molecular weight is 262 g/mol. The van der Waals surface area contributed by atoms with E-state index in [-0.39, 0.29) is 5.41 Å². The molecule has 0 unspecified atom stereocenters. The van der Waals surface area contributed by atoms with Crippen LogP contribution in [0.15, 0.2) is 29.9 Å². The molecule has 0 radical (unpaired) electrons. The molecule has 0 aliphatic carbocycles. The third-order valence-corrected chi connectivity index (χ3v) is 4.03. The molecule has 2 aromatic rings. The van der Waals surface area contributed by atoms with Gasteiger partial charge in [0.2, 0.25) is 0 Å². The smallest absolute Gasteiger partial charge is 0.146 e. The number of nitrogens with zero attached hydrogens (tertiary/aromatic N) is 2. The van der Waals surface area contributed by atoms with Crippen LogP contribution in [0.3, 0.4) is 0 Å². The molecular formula is C13H18N4S. The zero-order valence-corrected chi connectivity index (χ0v) is 11.7. The van der Waals surface area contributed by atoms with Crippen LogP contribution in [0, 0.1) is 0 Å². The highest BCUT2D eigenvalue weighted by Gasteiger charge is 2.21. The lowest BCUT2D eigenvalue weighted by Crippen LogP contribution is -2.27. The lowest BCUT2D eigenvalue weighted by atomic mass is 9.91. The van der Waals surface area contributed by atoms with Gasteiger partial charge in [-0.2, -0.15) is 0 Å². The van der Waals surface area contributed by atoms with Crippen LogP contribution >= 0.6 is 11.3 Å². The zero-order valence-electron chi connectivity index (χ0n) is 10.9. The van der Waals surface area contributed by atoms with Crippen molar-refractivity contribution in [1.29, 1.82) is 0 Å². The highest BCUT2D eigenvalue weighted by Crippen LogP contribution is 2.27. The lowest BCUT2D eigenvalue weighted by Gasteiger charge is -2.23. The van der Waals surface area contributed by atoms with E-state index in [1.165, 1.54) is 4.88 Å². The minimum Gasteiger partial charge on any atom is -0.372 e. The molecular weight excluding hydrogens is 244 g/mol. The van der Waals surface area contributed by atoms with Gasteiger partial charge >= 0.3 is 0 Å². The van der Waals surface area contributed by atoms with E-state index in [1.807, 2.05) is 7.05 Å². The first kappa shape index (κ1) is 12.8. The summed E-state index contributed by atoms with van der Waals surface area (Å²) in [4.78, 5) is 9.90. The Morgan fingerprint density at radius 3 is 2.72 bits per heavy atom. The van der Waals surface area contributed by atoms with Gasteiger partial charge in [-0.05, 0) is 11.4 Å². The third kappa shape index (κ3) is 2.98. The fourth-order valence-electron chi connectivity index (χ4n) is 1.63. The summed E-state index contributed by atoms with van der Waals surface area (Å²) in [6.45, 7) is 5.28. The molecule has 0 aliphatic heterocycles. The van der Waals surface area contributed by atoms with Gasteiger partial charge in [-0.3, -0.25) is 4.98 Å². The van der Waals surface area contributed by atoms with Gasteiger partial charge < -0.3 is 10.6 Å². The maximum Gasteiger partial charge on any atom is 0.146 e. The monoisotopic (exact) mass is 262 g/mol. The molecule has 0 atom stereocenters. The predicted octanol–water partition coefficient (Wildman–Crippen LogP) is 2.97. The maximum absolute atomic E-state index is 4.39. The summed E-state index contributed by atoms with van der Waals surface area (Å²) in [5.74, 6) is 1.57. The van der Waals surface area contributed by atoms with Crippen molar-refractivity contribution in [3.8, 4) is 0 Å². The van der Waals surface area contributed by atoms with Crippen LogP contribution < -0.4 is 10.6 Å². The Kier molecular flexibility index (Phi) is 3.81. The standard InChI is InChI=1S/C13H18N4S/c1-13(2,10-5-4-6-18-10)9-16-12-8-15-7-11(14-3)17-12/h4-8H,9H2,1-3H3,(H2,14,16,17). The topological polar surface area (TPSA) is 49.8 Å². The molecule has 2 heterocycles. The minimum atomic E-state index is 0.0888. The van der Waals surface area contributed by atoms with Crippen LogP contribution in [0.25, 0.3) is 0 Å². The number of aromatic nitrogens is 2. The van der Waals surface area contributed by atoms with E-state index < -0.39 is 0 Å². The number of anilines is 2. The Morgan fingerprint density at radius 1 is 1.28 bits per heavy atom. The Balaban J connectivity index is 2.02. The van der Waals surface area contributed by atoms with Crippen LogP contribution in [-0.4, -0.2) is 23.6 Å². The third-order valence-electron chi connectivity index (χ3n) is 2.79. The lowest BCUT2D eigenvalue weighted by molar-refractivity contribution is 0.568. The van der Waals surface area contributed by atoms with Gasteiger partial charge in [0.05, 0.1) is 12.4 Å². The first-order chi connectivity index (χ1) is 8.62. The van der Waals surface area contributed by atoms with Gasteiger partial charge in [0.15, 0.2) is 0 Å². The molecule has 2 rings (SSSR count). The van der Waals surface area contributed by atoms with Gasteiger partial charge in [-0.15, -0.1) is 11.3 Å². The van der Waals surface area contributed by atoms with E-state index in [9.17, 15) is 0 Å². The van der Waals surface area contributed by atoms with Crippen molar-refractivity contribution >= 4 is 23.0 Å². The molecule has 4 nitrogen and oxygen atoms in total. The van der Waals surface area contributed by atoms with Crippen LogP contribution in [-0.2, 0) is 5.41 Å². The van der Waals surface area contributed by atoms with Gasteiger partial charge in [0.25, 0.3) is 0 Å². The molecule has 2 N–H and O–H groups in total. The summed E-state index contributed by atoms with van der Waals surface area (Å²) in [6, 6.07) is 4.26. The van der Waals surface area contributed by atoms with Crippen molar-refractivity contribution < 1.29 is 0 Å². The van der Waals surface area contributed by atoms with E-state index >= 15 is 0 Å². The summed E-state index contributed by atoms with van der Waals surface area (Å²) < 4.78 is 0. The number of nitrogens with one attached hydrogen (secondary N) is 2. The molecule has 96 valence electrons. The normalized spacial score (nSPS) is 11.3. The van der Waals surface area contributed by atoms with E-state index in [4.69, 9.17) is 0 Å². The fraction of sp³-hybridized carbons (Fsp3) is 0.385. The van der Waals surface area contributed by atoms with Crippen molar-refractivity contribution in [3.63, 3.8) is 0 Å². The highest BCUT2D eigenvalue weighted by molar-refractivity contribution is 7.10. The fourth-order valence-corrected chi connectivity index (χ4v) is 2.49. The first-order valence-corrected chi connectivity index (χ1v) is 6.77. The van der Waals surface area contributed by atoms with Gasteiger partial charge in [0.1, 0.15) is 11.6 Å². The van der Waals surface area contributed by atoms with Gasteiger partial charge in [-0.25, -0.2) is 4.98 Å². The van der Waals surface area contributed by atoms with Crippen molar-refractivity contribution in [2.75, 3.05) is 24.2 Å². The second kappa shape index (κ2) is 5.35. The molecule has 0 aromatic carbocycles. The van der Waals surface area contributed by atoms with Gasteiger partial charge in [-0.1, -0.05) is 19.9 Å². The number of thiophene rings is 1. The molecule has 0 spiro atoms. The van der Waals surface area contributed by atoms with E-state index in [2.05, 4.69) is 52.0 Å². The van der Waals surface area contributed by atoms with Crippen LogP contribution in [0.2, 0.25) is 0 Å². The molecule has 0 aliphatic rings. The SMILES string of the molecule is CNc1cncc(NCC(C)(C)c2cccs2)n1. The van der Waals surface area contributed by atoms with Crippen LogP contribution in [0.1, 0.15) is 18.7 Å². The van der Waals surface area contributed by atoms with E-state index in [0.29, 0.717) is 0 Å². The molecule has 0 saturated heterocycles. The molecule has 0 bridgehead atoms. The first-order valence-electron chi connectivity index (χ1n) is 5.89. The molecule has 0 fully saturated rings. The Bertz CT molecular complexity index is 493. The summed E-state index contributed by atoms with van der Waals surface area (Å²) in [6.07, 6.45) is 3.45. The summed E-state index contributed by atoms with van der Waals surface area (Å²) in [7, 11) is 1.84. The predicted molar refractivity (Wildman–Crippen MR) is 77.4 cm³/mol. The second-order valence-electron chi connectivity index (χ2n) is 4.75. The Hall–Kier alpha value is -1.62. The zero-order chi connectivity index (χ0) is 13.0. The maximum atomic E-state index is 4.39. The number of hydrogen-bond donors (Lipinski definition) is 2. The van der Waals surface area contributed by atoms with Crippen molar-refractivity contribution in [3.05, 3.63) is 34.8 Å². The summed E-state index contributed by atoms with van der Waals surface area (Å²) in [5.41, 5.74) is 0.0888. The second-order valence-corrected chi connectivity index (χ2v) is 5.70. The molecule has 18 heavy (non-hydrogen) atoms. The number of hydrogen-bond acceptors (Lipinski definition) is 5. The molecule has 0 amide bonds. The average Bonchev–Trinajstić information content (AvgIpc) is 2.91. The van der Waals surface area contributed by atoms with Crippen molar-refractivity contribution in [1.82, 2.24) is 9.97 Å². The van der Waals surface area contributed by atoms with Crippen LogP contribution in [0.5, 0.6) is 0 Å². The van der Waals surface area contributed by atoms with Crippen molar-refractivity contribution in [2.24, 2.45) is 0 Å². The van der Waals surface area contributed by atoms with Crippen LogP contribution in [0.4, 0.5) is 11.6 Å². The summed E-state index contributed by atoms with van der Waals surface area (Å²) >= 11 is 1.78. The van der Waals surface area contributed by atoms with E-state index in [1.54, 1.807) is 23.7 Å². The van der Waals surface area contributed by atoms with E-state index in [0.717, 1.165) is 18.2 Å². The molecule has 0 saturated carbocycles. The largest absolute Gasteiger partial charge is 0.372 e. The molecule has 5 heteroatoms. The minimum absolute atomic E-state index is 0.0888. The Labute approximate surface area is 111 Å². The van der Waals surface area contributed by atoms with Gasteiger partial charge in [0, 0.05) is 23.9 Å². The van der Waals surface area contributed by atoms with Crippen molar-refractivity contribution in [2.45, 2.75) is 19.3 Å². The number of rotatable bonds is 5. The molecule has 2 aromatic heterocycles. The highest BCUT2D eigenvalue weighted by atomic mass is 32.1.